The maximum atomic E-state index is 12.0. The van der Waals surface area contributed by atoms with Crippen LogP contribution in [0.15, 0.2) is 18.2 Å². The number of halogens is 2. The summed E-state index contributed by atoms with van der Waals surface area (Å²) >= 11 is 11.9. The van der Waals surface area contributed by atoms with E-state index in [1.165, 1.54) is 0 Å². The summed E-state index contributed by atoms with van der Waals surface area (Å²) in [6.07, 6.45) is 1.62. The van der Waals surface area contributed by atoms with Crippen LogP contribution >= 0.6 is 23.2 Å². The Kier molecular flexibility index (Phi) is 7.30. The van der Waals surface area contributed by atoms with Crippen LogP contribution in [0.5, 0.6) is 0 Å². The molecule has 0 unspecified atom stereocenters. The van der Waals surface area contributed by atoms with Gasteiger partial charge in [-0.2, -0.15) is 0 Å². The topological polar surface area (TPSA) is 84.7 Å². The van der Waals surface area contributed by atoms with Crippen LogP contribution in [0.4, 0.5) is 0 Å². The number of nitrogens with two attached hydrogens (primary N) is 1. The van der Waals surface area contributed by atoms with E-state index in [-0.39, 0.29) is 31.0 Å². The van der Waals surface area contributed by atoms with E-state index in [0.29, 0.717) is 29.7 Å². The molecule has 1 fully saturated rings. The molecule has 0 radical (unpaired) electrons. The molecule has 0 aliphatic carbocycles. The lowest BCUT2D eigenvalue weighted by atomic mass is 10.1. The third-order valence-electron chi connectivity index (χ3n) is 3.89. The SMILES string of the molecule is NCC(=O)NCC(=O)N1CCC(OCc2ccc(Cl)c(Cl)c2)CC1. The molecule has 1 aromatic carbocycles. The van der Waals surface area contributed by atoms with E-state index < -0.39 is 0 Å². The molecule has 2 rings (SSSR count). The summed E-state index contributed by atoms with van der Waals surface area (Å²) in [5.41, 5.74) is 6.15. The molecule has 24 heavy (non-hydrogen) atoms. The molecule has 2 amide bonds. The monoisotopic (exact) mass is 373 g/mol. The minimum Gasteiger partial charge on any atom is -0.373 e. The molecular formula is C16H21Cl2N3O3. The Morgan fingerprint density at radius 3 is 2.58 bits per heavy atom. The van der Waals surface area contributed by atoms with Crippen LogP contribution in [0, 0.1) is 0 Å². The number of benzene rings is 1. The average molecular weight is 374 g/mol. The van der Waals surface area contributed by atoms with Crippen LogP contribution in [0.25, 0.3) is 0 Å². The fraction of sp³-hybridized carbons (Fsp3) is 0.500. The highest BCUT2D eigenvalue weighted by atomic mass is 35.5. The Morgan fingerprint density at radius 1 is 1.25 bits per heavy atom. The fourth-order valence-corrected chi connectivity index (χ4v) is 2.79. The van der Waals surface area contributed by atoms with E-state index in [1.54, 1.807) is 17.0 Å². The van der Waals surface area contributed by atoms with Gasteiger partial charge < -0.3 is 20.7 Å². The van der Waals surface area contributed by atoms with Crippen molar-refractivity contribution in [2.24, 2.45) is 5.73 Å². The van der Waals surface area contributed by atoms with Crippen LogP contribution in [0.3, 0.4) is 0 Å². The summed E-state index contributed by atoms with van der Waals surface area (Å²) in [6.45, 7) is 1.57. The fourth-order valence-electron chi connectivity index (χ4n) is 2.47. The second kappa shape index (κ2) is 9.22. The van der Waals surface area contributed by atoms with Gasteiger partial charge in [-0.1, -0.05) is 29.3 Å². The van der Waals surface area contributed by atoms with Gasteiger partial charge in [0, 0.05) is 13.1 Å². The van der Waals surface area contributed by atoms with Crippen molar-refractivity contribution in [1.82, 2.24) is 10.2 Å². The second-order valence-electron chi connectivity index (χ2n) is 5.62. The quantitative estimate of drug-likeness (QED) is 0.792. The number of piperidine rings is 1. The third-order valence-corrected chi connectivity index (χ3v) is 4.63. The third kappa shape index (κ3) is 5.63. The summed E-state index contributed by atoms with van der Waals surface area (Å²) < 4.78 is 5.88. The van der Waals surface area contributed by atoms with Gasteiger partial charge in [0.05, 0.1) is 35.8 Å². The predicted octanol–water partition coefficient (Wildman–Crippen LogP) is 1.58. The maximum absolute atomic E-state index is 12.0. The van der Waals surface area contributed by atoms with Gasteiger partial charge in [0.1, 0.15) is 0 Å². The van der Waals surface area contributed by atoms with Crippen molar-refractivity contribution < 1.29 is 14.3 Å². The lowest BCUT2D eigenvalue weighted by Crippen LogP contribution is -2.46. The molecular weight excluding hydrogens is 353 g/mol. The molecule has 0 aromatic heterocycles. The summed E-state index contributed by atoms with van der Waals surface area (Å²) in [5, 5.41) is 3.52. The van der Waals surface area contributed by atoms with Crippen LogP contribution in [0.1, 0.15) is 18.4 Å². The van der Waals surface area contributed by atoms with Crippen molar-refractivity contribution in [3.8, 4) is 0 Å². The summed E-state index contributed by atoms with van der Waals surface area (Å²) in [7, 11) is 0. The Morgan fingerprint density at radius 2 is 1.96 bits per heavy atom. The summed E-state index contributed by atoms with van der Waals surface area (Å²) in [6, 6.07) is 5.43. The lowest BCUT2D eigenvalue weighted by molar-refractivity contribution is -0.135. The molecule has 0 spiro atoms. The minimum absolute atomic E-state index is 0.00910. The Labute approximate surface area is 151 Å². The van der Waals surface area contributed by atoms with Crippen molar-refractivity contribution in [3.05, 3.63) is 33.8 Å². The summed E-state index contributed by atoms with van der Waals surface area (Å²) in [4.78, 5) is 24.8. The van der Waals surface area contributed by atoms with Gasteiger partial charge in [-0.15, -0.1) is 0 Å². The number of hydrogen-bond donors (Lipinski definition) is 2. The number of likely N-dealkylation sites (tertiary alicyclic amines) is 1. The molecule has 3 N–H and O–H groups in total. The van der Waals surface area contributed by atoms with E-state index in [9.17, 15) is 9.59 Å². The Balaban J connectivity index is 1.71. The number of amides is 2. The molecule has 1 heterocycles. The number of hydrogen-bond acceptors (Lipinski definition) is 4. The standard InChI is InChI=1S/C16H21Cl2N3O3/c17-13-2-1-11(7-14(13)18)10-24-12-3-5-21(6-4-12)16(23)9-20-15(22)8-19/h1-2,7,12H,3-6,8-10,19H2,(H,20,22). The number of ether oxygens (including phenoxy) is 1. The largest absolute Gasteiger partial charge is 0.373 e. The molecule has 0 bridgehead atoms. The van der Waals surface area contributed by atoms with Gasteiger partial charge in [0.15, 0.2) is 0 Å². The Bertz CT molecular complexity index is 590. The first-order valence-corrected chi connectivity index (χ1v) is 8.55. The van der Waals surface area contributed by atoms with Crippen LogP contribution in [-0.4, -0.2) is 49.0 Å². The Hall–Kier alpha value is -1.34. The van der Waals surface area contributed by atoms with Gasteiger partial charge in [-0.25, -0.2) is 0 Å². The van der Waals surface area contributed by atoms with Gasteiger partial charge in [-0.3, -0.25) is 9.59 Å². The van der Waals surface area contributed by atoms with Crippen molar-refractivity contribution in [2.45, 2.75) is 25.6 Å². The van der Waals surface area contributed by atoms with Crippen LogP contribution < -0.4 is 11.1 Å². The van der Waals surface area contributed by atoms with E-state index >= 15 is 0 Å². The van der Waals surface area contributed by atoms with Crippen molar-refractivity contribution in [2.75, 3.05) is 26.2 Å². The zero-order valence-corrected chi connectivity index (χ0v) is 14.8. The van der Waals surface area contributed by atoms with Crippen molar-refractivity contribution in [1.29, 1.82) is 0 Å². The molecule has 132 valence electrons. The summed E-state index contributed by atoms with van der Waals surface area (Å²) in [5.74, 6) is -0.428. The second-order valence-corrected chi connectivity index (χ2v) is 6.43. The highest BCUT2D eigenvalue weighted by Crippen LogP contribution is 2.23. The molecule has 1 aromatic rings. The van der Waals surface area contributed by atoms with E-state index in [2.05, 4.69) is 5.32 Å². The molecule has 1 saturated heterocycles. The first-order chi connectivity index (χ1) is 11.5. The predicted molar refractivity (Wildman–Crippen MR) is 92.9 cm³/mol. The molecule has 1 aliphatic rings. The van der Waals surface area contributed by atoms with Gasteiger partial charge in [0.2, 0.25) is 11.8 Å². The maximum Gasteiger partial charge on any atom is 0.241 e. The number of rotatable bonds is 6. The first kappa shape index (κ1) is 19.0. The van der Waals surface area contributed by atoms with Crippen molar-refractivity contribution in [3.63, 3.8) is 0 Å². The van der Waals surface area contributed by atoms with Gasteiger partial charge in [-0.05, 0) is 30.5 Å². The molecule has 0 atom stereocenters. The normalized spacial score (nSPS) is 15.4. The van der Waals surface area contributed by atoms with Gasteiger partial charge >= 0.3 is 0 Å². The number of nitrogens with one attached hydrogen (secondary N) is 1. The first-order valence-electron chi connectivity index (χ1n) is 7.79. The highest BCUT2D eigenvalue weighted by Gasteiger charge is 2.23. The van der Waals surface area contributed by atoms with E-state index in [4.69, 9.17) is 33.7 Å². The lowest BCUT2D eigenvalue weighted by Gasteiger charge is -2.32. The van der Waals surface area contributed by atoms with E-state index in [1.807, 2.05) is 6.07 Å². The number of carbonyl (C=O) groups excluding carboxylic acids is 2. The van der Waals surface area contributed by atoms with Crippen LogP contribution in [-0.2, 0) is 20.9 Å². The van der Waals surface area contributed by atoms with E-state index in [0.717, 1.165) is 18.4 Å². The highest BCUT2D eigenvalue weighted by molar-refractivity contribution is 6.42. The number of nitrogens with zero attached hydrogens (tertiary/aromatic N) is 1. The van der Waals surface area contributed by atoms with Crippen molar-refractivity contribution >= 4 is 35.0 Å². The minimum atomic E-state index is -0.330. The van der Waals surface area contributed by atoms with Crippen LogP contribution in [0.2, 0.25) is 10.0 Å². The smallest absolute Gasteiger partial charge is 0.241 e. The zero-order valence-electron chi connectivity index (χ0n) is 13.3. The molecule has 6 nitrogen and oxygen atoms in total. The zero-order chi connectivity index (χ0) is 17.5. The molecule has 8 heteroatoms. The molecule has 0 saturated carbocycles. The van der Waals surface area contributed by atoms with Gasteiger partial charge in [0.25, 0.3) is 0 Å². The number of carbonyl (C=O) groups is 2. The average Bonchev–Trinajstić information content (AvgIpc) is 2.60. The molecule has 1 aliphatic heterocycles.